The predicted octanol–water partition coefficient (Wildman–Crippen LogP) is 2.09. The molecular weight excluding hydrogens is 388 g/mol. The molecule has 1 aromatic rings. The van der Waals surface area contributed by atoms with E-state index in [4.69, 9.17) is 9.47 Å². The van der Waals surface area contributed by atoms with Gasteiger partial charge in [-0.05, 0) is 32.8 Å². The molecule has 3 N–H and O–H groups in total. The van der Waals surface area contributed by atoms with Crippen LogP contribution in [0.4, 0.5) is 0 Å². The summed E-state index contributed by atoms with van der Waals surface area (Å²) < 4.78 is 10.5. The zero-order valence-corrected chi connectivity index (χ0v) is 17.7. The Morgan fingerprint density at radius 3 is 2.30 bits per heavy atom. The zero-order valence-electron chi connectivity index (χ0n) is 17.7. The van der Waals surface area contributed by atoms with Crippen LogP contribution in [-0.4, -0.2) is 58.3 Å². The Morgan fingerprint density at radius 2 is 1.70 bits per heavy atom. The Kier molecular flexibility index (Phi) is 11.7. The van der Waals surface area contributed by atoms with E-state index in [0.717, 1.165) is 5.56 Å². The predicted molar refractivity (Wildman–Crippen MR) is 112 cm³/mol. The van der Waals surface area contributed by atoms with E-state index < -0.39 is 36.4 Å². The van der Waals surface area contributed by atoms with Crippen LogP contribution in [0.15, 0.2) is 54.1 Å². The summed E-state index contributed by atoms with van der Waals surface area (Å²) in [7, 11) is 0. The number of carbonyl (C=O) groups is 2. The molecule has 0 bridgehead atoms. The zero-order chi connectivity index (χ0) is 22.5. The molecule has 30 heavy (non-hydrogen) atoms. The lowest BCUT2D eigenvalue weighted by atomic mass is 10.1. The van der Waals surface area contributed by atoms with E-state index in [0.29, 0.717) is 12.0 Å². The lowest BCUT2D eigenvalue weighted by Crippen LogP contribution is -2.32. The van der Waals surface area contributed by atoms with Crippen molar-refractivity contribution in [3.8, 4) is 0 Å². The number of hydrogen-bond donors (Lipinski definition) is 3. The van der Waals surface area contributed by atoms with E-state index >= 15 is 0 Å². The van der Waals surface area contributed by atoms with E-state index in [1.807, 2.05) is 30.3 Å². The van der Waals surface area contributed by atoms with E-state index in [1.54, 1.807) is 19.9 Å². The highest BCUT2D eigenvalue weighted by Crippen LogP contribution is 2.14. The minimum absolute atomic E-state index is 0.0448. The van der Waals surface area contributed by atoms with Gasteiger partial charge in [0.1, 0.15) is 12.2 Å². The average molecular weight is 421 g/mol. The third-order valence-corrected chi connectivity index (χ3v) is 4.52. The van der Waals surface area contributed by atoms with Crippen LogP contribution in [0.25, 0.3) is 0 Å². The van der Waals surface area contributed by atoms with E-state index in [1.165, 1.54) is 19.1 Å². The topological polar surface area (TPSA) is 113 Å². The standard InChI is InChI=1S/C23H32O7/c1-4-16(2)23(28)30-21(20(26)11-10-19(25)17(3)24)12-13-22(27)29-15-14-18-8-6-5-7-9-18/h4-11,17,19-21,24-26H,12-15H2,1-3H3/t17-,19-,20-,21?/m0/s1. The average Bonchev–Trinajstić information content (AvgIpc) is 2.74. The van der Waals surface area contributed by atoms with Crippen molar-refractivity contribution in [3.63, 3.8) is 0 Å². The summed E-state index contributed by atoms with van der Waals surface area (Å²) in [6, 6.07) is 9.61. The molecule has 1 unspecified atom stereocenters. The molecule has 0 aromatic heterocycles. The van der Waals surface area contributed by atoms with Crippen molar-refractivity contribution >= 4 is 11.9 Å². The van der Waals surface area contributed by atoms with E-state index in [2.05, 4.69) is 0 Å². The monoisotopic (exact) mass is 420 g/mol. The maximum Gasteiger partial charge on any atom is 0.333 e. The second-order valence-corrected chi connectivity index (χ2v) is 7.02. The minimum Gasteiger partial charge on any atom is -0.465 e. The van der Waals surface area contributed by atoms with E-state index in [-0.39, 0.29) is 19.4 Å². The van der Waals surface area contributed by atoms with Crippen molar-refractivity contribution in [1.29, 1.82) is 0 Å². The second kappa shape index (κ2) is 13.7. The van der Waals surface area contributed by atoms with Crippen LogP contribution in [0.2, 0.25) is 0 Å². The van der Waals surface area contributed by atoms with Gasteiger partial charge in [-0.25, -0.2) is 4.79 Å². The lowest BCUT2D eigenvalue weighted by molar-refractivity contribution is -0.152. The maximum atomic E-state index is 12.1. The Balaban J connectivity index is 2.62. The van der Waals surface area contributed by atoms with Gasteiger partial charge in [0.15, 0.2) is 0 Å². The highest BCUT2D eigenvalue weighted by molar-refractivity contribution is 5.87. The molecule has 0 radical (unpaired) electrons. The smallest absolute Gasteiger partial charge is 0.333 e. The van der Waals surface area contributed by atoms with Crippen molar-refractivity contribution in [2.75, 3.05) is 6.61 Å². The Labute approximate surface area is 177 Å². The van der Waals surface area contributed by atoms with Gasteiger partial charge in [0, 0.05) is 18.4 Å². The quantitative estimate of drug-likeness (QED) is 0.270. The van der Waals surface area contributed by atoms with Gasteiger partial charge in [0.2, 0.25) is 0 Å². The first-order valence-electron chi connectivity index (χ1n) is 10.0. The molecule has 0 fully saturated rings. The van der Waals surface area contributed by atoms with Gasteiger partial charge >= 0.3 is 11.9 Å². The SMILES string of the molecule is CC=C(C)C(=O)OC(CCC(=O)OCCc1ccccc1)[C@@H](O)C=C[C@H](O)[C@H](C)O. The third kappa shape index (κ3) is 9.82. The molecule has 0 heterocycles. The van der Waals surface area contributed by atoms with Crippen molar-refractivity contribution in [2.45, 2.75) is 64.4 Å². The van der Waals surface area contributed by atoms with Crippen molar-refractivity contribution in [2.24, 2.45) is 0 Å². The van der Waals surface area contributed by atoms with Gasteiger partial charge < -0.3 is 24.8 Å². The summed E-state index contributed by atoms with van der Waals surface area (Å²) >= 11 is 0. The molecule has 0 aliphatic rings. The highest BCUT2D eigenvalue weighted by Gasteiger charge is 2.24. The molecule has 0 amide bonds. The second-order valence-electron chi connectivity index (χ2n) is 7.02. The fraction of sp³-hybridized carbons (Fsp3) is 0.478. The number of allylic oxidation sites excluding steroid dienone is 1. The van der Waals surface area contributed by atoms with Crippen LogP contribution in [-0.2, 0) is 25.5 Å². The summed E-state index contributed by atoms with van der Waals surface area (Å²) in [5, 5.41) is 29.3. The molecule has 0 aliphatic carbocycles. The van der Waals surface area contributed by atoms with Gasteiger partial charge in [-0.2, -0.15) is 0 Å². The molecule has 4 atom stereocenters. The van der Waals surface area contributed by atoms with Gasteiger partial charge in [-0.3, -0.25) is 4.79 Å². The number of aliphatic hydroxyl groups excluding tert-OH is 3. The largest absolute Gasteiger partial charge is 0.465 e. The van der Waals surface area contributed by atoms with E-state index in [9.17, 15) is 24.9 Å². The fourth-order valence-corrected chi connectivity index (χ4v) is 2.42. The Morgan fingerprint density at radius 1 is 1.07 bits per heavy atom. The number of hydrogen-bond acceptors (Lipinski definition) is 7. The molecule has 1 aromatic carbocycles. The minimum atomic E-state index is -1.26. The van der Waals surface area contributed by atoms with Crippen LogP contribution in [0.5, 0.6) is 0 Å². The number of esters is 2. The molecule has 0 spiro atoms. The number of carbonyl (C=O) groups excluding carboxylic acids is 2. The lowest BCUT2D eigenvalue weighted by Gasteiger charge is -2.21. The summed E-state index contributed by atoms with van der Waals surface area (Å²) in [4.78, 5) is 24.1. The number of ether oxygens (including phenoxy) is 2. The number of benzene rings is 1. The van der Waals surface area contributed by atoms with Crippen molar-refractivity contribution < 1.29 is 34.4 Å². The molecule has 1 rings (SSSR count). The van der Waals surface area contributed by atoms with Crippen LogP contribution in [0, 0.1) is 0 Å². The molecule has 166 valence electrons. The molecule has 7 heteroatoms. The molecule has 0 saturated carbocycles. The van der Waals surface area contributed by atoms with Gasteiger partial charge in [-0.1, -0.05) is 48.6 Å². The Bertz CT molecular complexity index is 710. The first-order chi connectivity index (χ1) is 14.2. The Hall–Kier alpha value is -2.48. The first kappa shape index (κ1) is 25.6. The normalized spacial score (nSPS) is 16.0. The fourth-order valence-electron chi connectivity index (χ4n) is 2.42. The number of aliphatic hydroxyl groups is 3. The molecule has 0 aliphatic heterocycles. The maximum absolute atomic E-state index is 12.1. The first-order valence-corrected chi connectivity index (χ1v) is 10.0. The number of rotatable bonds is 12. The van der Waals surface area contributed by atoms with Crippen LogP contribution in [0.3, 0.4) is 0 Å². The molecular formula is C23H32O7. The van der Waals surface area contributed by atoms with Crippen LogP contribution >= 0.6 is 0 Å². The van der Waals surface area contributed by atoms with Crippen LogP contribution < -0.4 is 0 Å². The summed E-state index contributed by atoms with van der Waals surface area (Å²) in [6.07, 6.45) is 0.170. The van der Waals surface area contributed by atoms with Gasteiger partial charge in [-0.15, -0.1) is 0 Å². The van der Waals surface area contributed by atoms with Crippen molar-refractivity contribution in [3.05, 3.63) is 59.7 Å². The summed E-state index contributed by atoms with van der Waals surface area (Å²) in [5.74, 6) is -1.07. The van der Waals surface area contributed by atoms with Gasteiger partial charge in [0.05, 0.1) is 18.8 Å². The summed E-state index contributed by atoms with van der Waals surface area (Å²) in [6.45, 7) is 4.90. The van der Waals surface area contributed by atoms with Gasteiger partial charge in [0.25, 0.3) is 0 Å². The third-order valence-electron chi connectivity index (χ3n) is 4.52. The van der Waals surface area contributed by atoms with Crippen LogP contribution in [0.1, 0.15) is 39.2 Å². The highest BCUT2D eigenvalue weighted by atomic mass is 16.6. The molecule has 7 nitrogen and oxygen atoms in total. The van der Waals surface area contributed by atoms with Crippen molar-refractivity contribution in [1.82, 2.24) is 0 Å². The summed E-state index contributed by atoms with van der Waals surface area (Å²) in [5.41, 5.74) is 1.42. The molecule has 0 saturated heterocycles.